The third kappa shape index (κ3) is 4.51. The van der Waals surface area contributed by atoms with Gasteiger partial charge in [0.25, 0.3) is 5.91 Å². The van der Waals surface area contributed by atoms with Crippen molar-refractivity contribution >= 4 is 22.4 Å². The highest BCUT2D eigenvalue weighted by molar-refractivity contribution is 5.95. The minimum Gasteiger partial charge on any atom is -0.487 e. The quantitative estimate of drug-likeness (QED) is 0.491. The van der Waals surface area contributed by atoms with Crippen LogP contribution < -0.4 is 9.64 Å². The van der Waals surface area contributed by atoms with E-state index in [1.807, 2.05) is 0 Å². The largest absolute Gasteiger partial charge is 0.487 e. The third-order valence-electron chi connectivity index (χ3n) is 5.78. The predicted octanol–water partition coefficient (Wildman–Crippen LogP) is 2.69. The van der Waals surface area contributed by atoms with E-state index in [9.17, 15) is 14.9 Å². The molecule has 1 N–H and O–H groups in total. The molecule has 0 atom stereocenters. The average Bonchev–Trinajstić information content (AvgIpc) is 2.80. The summed E-state index contributed by atoms with van der Waals surface area (Å²) in [5, 5.41) is 13.9. The van der Waals surface area contributed by atoms with Gasteiger partial charge in [-0.05, 0) is 29.8 Å². The number of nitrogens with zero attached hydrogens (tertiary/aromatic N) is 2. The minimum atomic E-state index is -0.506. The van der Waals surface area contributed by atoms with Gasteiger partial charge >= 0.3 is 5.69 Å². The Kier molecular flexibility index (Phi) is 6.13. The maximum Gasteiger partial charge on any atom is 0.311 e. The molecule has 7 heteroatoms. The minimum absolute atomic E-state index is 0.171. The number of rotatable bonds is 6. The molecule has 160 valence electrons. The van der Waals surface area contributed by atoms with Crippen molar-refractivity contribution in [3.63, 3.8) is 0 Å². The molecule has 4 rings (SSSR count). The zero-order valence-corrected chi connectivity index (χ0v) is 17.5. The van der Waals surface area contributed by atoms with Crippen molar-refractivity contribution in [1.82, 2.24) is 4.90 Å². The van der Waals surface area contributed by atoms with Crippen LogP contribution in [0.15, 0.2) is 60.7 Å². The second-order valence-electron chi connectivity index (χ2n) is 7.73. The van der Waals surface area contributed by atoms with Crippen molar-refractivity contribution < 1.29 is 19.4 Å². The van der Waals surface area contributed by atoms with Gasteiger partial charge in [0.2, 0.25) is 0 Å². The maximum atomic E-state index is 12.9. The van der Waals surface area contributed by atoms with Crippen LogP contribution >= 0.6 is 0 Å². The Morgan fingerprint density at radius 3 is 2.58 bits per heavy atom. The first kappa shape index (κ1) is 20.8. The predicted molar refractivity (Wildman–Crippen MR) is 119 cm³/mol. The van der Waals surface area contributed by atoms with Crippen LogP contribution in [0.2, 0.25) is 0 Å². The van der Waals surface area contributed by atoms with Crippen molar-refractivity contribution in [2.45, 2.75) is 13.5 Å². The molecule has 7 nitrogen and oxygen atoms in total. The summed E-state index contributed by atoms with van der Waals surface area (Å²) >= 11 is 0. The molecular formula is C24H26N3O4+. The number of fused-ring (bicyclic) bond motifs is 1. The van der Waals surface area contributed by atoms with Gasteiger partial charge in [-0.15, -0.1) is 0 Å². The summed E-state index contributed by atoms with van der Waals surface area (Å²) in [6.07, 6.45) is 0. The Labute approximate surface area is 181 Å². The van der Waals surface area contributed by atoms with E-state index in [0.717, 1.165) is 19.6 Å². The van der Waals surface area contributed by atoms with Gasteiger partial charge in [0.1, 0.15) is 6.54 Å². The molecule has 1 heterocycles. The Bertz CT molecular complexity index is 1100. The van der Waals surface area contributed by atoms with Gasteiger partial charge < -0.3 is 14.5 Å². The lowest BCUT2D eigenvalue weighted by atomic mass is 10.0. The Hall–Kier alpha value is -3.45. The van der Waals surface area contributed by atoms with Gasteiger partial charge in [-0.3, -0.25) is 14.9 Å². The first-order valence-corrected chi connectivity index (χ1v) is 10.6. The monoisotopic (exact) mass is 420 g/mol. The fraction of sp³-hybridized carbons (Fsp3) is 0.292. The Balaban J connectivity index is 1.42. The number of piperazine rings is 1. The summed E-state index contributed by atoms with van der Waals surface area (Å²) in [4.78, 5) is 27.0. The highest BCUT2D eigenvalue weighted by atomic mass is 16.6. The zero-order valence-electron chi connectivity index (χ0n) is 17.5. The lowest BCUT2D eigenvalue weighted by Gasteiger charge is -2.32. The smallest absolute Gasteiger partial charge is 0.311 e. The highest BCUT2D eigenvalue weighted by Crippen LogP contribution is 2.28. The van der Waals surface area contributed by atoms with Crippen LogP contribution in [0.1, 0.15) is 22.8 Å². The van der Waals surface area contributed by atoms with Crippen LogP contribution in [-0.4, -0.2) is 48.5 Å². The SMILES string of the molecule is CCOc1ccc(C(=O)N2CC[NH+](Cc3cccc4ccccc34)CC2)cc1[N+](=O)[O-]. The molecule has 3 aromatic carbocycles. The number of nitro groups is 1. The molecular weight excluding hydrogens is 394 g/mol. The fourth-order valence-electron chi connectivity index (χ4n) is 4.17. The van der Waals surface area contributed by atoms with E-state index in [1.165, 1.54) is 33.4 Å². The number of nitro benzene ring substituents is 1. The molecule has 0 spiro atoms. The Morgan fingerprint density at radius 2 is 1.84 bits per heavy atom. The van der Waals surface area contributed by atoms with Crippen molar-refractivity contribution in [1.29, 1.82) is 0 Å². The number of hydrogen-bond donors (Lipinski definition) is 1. The van der Waals surface area contributed by atoms with Crippen molar-refractivity contribution in [3.8, 4) is 5.75 Å². The topological polar surface area (TPSA) is 77.1 Å². The van der Waals surface area contributed by atoms with Gasteiger partial charge in [0.05, 0.1) is 37.7 Å². The molecule has 0 bridgehead atoms. The van der Waals surface area contributed by atoms with E-state index in [0.29, 0.717) is 25.3 Å². The molecule has 1 aliphatic heterocycles. The maximum absolute atomic E-state index is 12.9. The van der Waals surface area contributed by atoms with E-state index < -0.39 is 4.92 Å². The van der Waals surface area contributed by atoms with Crippen molar-refractivity contribution in [3.05, 3.63) is 81.9 Å². The van der Waals surface area contributed by atoms with E-state index in [4.69, 9.17) is 4.74 Å². The molecule has 0 aliphatic carbocycles. The fourth-order valence-corrected chi connectivity index (χ4v) is 4.17. The van der Waals surface area contributed by atoms with Crippen LogP contribution in [0.4, 0.5) is 5.69 Å². The Morgan fingerprint density at radius 1 is 1.10 bits per heavy atom. The number of hydrogen-bond acceptors (Lipinski definition) is 4. The summed E-state index contributed by atoms with van der Waals surface area (Å²) in [5.41, 5.74) is 1.47. The number of carbonyl (C=O) groups is 1. The van der Waals surface area contributed by atoms with Crippen LogP contribution in [0, 0.1) is 10.1 Å². The molecule has 0 radical (unpaired) electrons. The lowest BCUT2D eigenvalue weighted by Crippen LogP contribution is -3.13. The zero-order chi connectivity index (χ0) is 21.8. The lowest BCUT2D eigenvalue weighted by molar-refractivity contribution is -0.917. The number of carbonyl (C=O) groups excluding carboxylic acids is 1. The van der Waals surface area contributed by atoms with E-state index >= 15 is 0 Å². The van der Waals surface area contributed by atoms with Crippen LogP contribution in [0.5, 0.6) is 5.75 Å². The standard InChI is InChI=1S/C24H25N3O4/c1-2-31-23-11-10-19(16-22(23)27(29)30)24(28)26-14-12-25(13-15-26)17-20-8-5-7-18-6-3-4-9-21(18)20/h3-11,16H,2,12-15,17H2,1H3/p+1. The molecule has 0 aromatic heterocycles. The molecule has 1 fully saturated rings. The number of benzene rings is 3. The van der Waals surface area contributed by atoms with Crippen molar-refractivity contribution in [2.24, 2.45) is 0 Å². The van der Waals surface area contributed by atoms with Gasteiger partial charge in [0.15, 0.2) is 5.75 Å². The average molecular weight is 420 g/mol. The van der Waals surface area contributed by atoms with Gasteiger partial charge in [0, 0.05) is 17.2 Å². The molecule has 1 saturated heterocycles. The van der Waals surface area contributed by atoms with Gasteiger partial charge in [-0.1, -0.05) is 42.5 Å². The summed E-state index contributed by atoms with van der Waals surface area (Å²) in [5.74, 6) is 0.0174. The number of ether oxygens (including phenoxy) is 1. The molecule has 0 saturated carbocycles. The molecule has 1 aliphatic rings. The van der Waals surface area contributed by atoms with Gasteiger partial charge in [-0.2, -0.15) is 0 Å². The van der Waals surface area contributed by atoms with Crippen molar-refractivity contribution in [2.75, 3.05) is 32.8 Å². The van der Waals surface area contributed by atoms with Crippen LogP contribution in [-0.2, 0) is 6.54 Å². The van der Waals surface area contributed by atoms with E-state index in [-0.39, 0.29) is 17.3 Å². The van der Waals surface area contributed by atoms with E-state index in [2.05, 4.69) is 42.5 Å². The number of amides is 1. The molecule has 3 aromatic rings. The summed E-state index contributed by atoms with van der Waals surface area (Å²) in [7, 11) is 0. The van der Waals surface area contributed by atoms with Crippen LogP contribution in [0.25, 0.3) is 10.8 Å². The third-order valence-corrected chi connectivity index (χ3v) is 5.78. The van der Waals surface area contributed by atoms with Gasteiger partial charge in [-0.25, -0.2) is 0 Å². The summed E-state index contributed by atoms with van der Waals surface area (Å²) < 4.78 is 5.31. The summed E-state index contributed by atoms with van der Waals surface area (Å²) in [6, 6.07) is 19.2. The molecule has 0 unspecified atom stereocenters. The number of quaternary nitrogens is 1. The van der Waals surface area contributed by atoms with E-state index in [1.54, 1.807) is 17.9 Å². The van der Waals surface area contributed by atoms with Crippen LogP contribution in [0.3, 0.4) is 0 Å². The first-order valence-electron chi connectivity index (χ1n) is 10.6. The summed E-state index contributed by atoms with van der Waals surface area (Å²) in [6.45, 7) is 5.94. The number of nitrogens with one attached hydrogen (secondary N) is 1. The second-order valence-corrected chi connectivity index (χ2v) is 7.73. The highest BCUT2D eigenvalue weighted by Gasteiger charge is 2.27. The second kappa shape index (κ2) is 9.14. The first-order chi connectivity index (χ1) is 15.1. The molecule has 1 amide bonds. The normalized spacial score (nSPS) is 14.5. The molecule has 31 heavy (non-hydrogen) atoms.